The number of nitrogens with one attached hydrogen (secondary N) is 1. The molecule has 0 aromatic carbocycles. The molecule has 2 aromatic heterocycles. The Kier molecular flexibility index (Phi) is 4.66. The summed E-state index contributed by atoms with van der Waals surface area (Å²) in [4.78, 5) is 14.7. The predicted octanol–water partition coefficient (Wildman–Crippen LogP) is 1.98. The van der Waals surface area contributed by atoms with Gasteiger partial charge in [-0.25, -0.2) is 9.97 Å². The molecule has 0 radical (unpaired) electrons. The maximum Gasteiger partial charge on any atom is 0.133 e. The van der Waals surface area contributed by atoms with E-state index in [1.54, 1.807) is 12.5 Å². The van der Waals surface area contributed by atoms with Crippen molar-refractivity contribution in [2.75, 3.05) is 30.4 Å². The third-order valence-corrected chi connectivity index (χ3v) is 2.86. The Bertz CT molecular complexity index is 500. The van der Waals surface area contributed by atoms with Gasteiger partial charge in [-0.2, -0.15) is 0 Å². The lowest BCUT2D eigenvalue weighted by Crippen LogP contribution is -2.21. The first kappa shape index (κ1) is 13.3. The highest BCUT2D eigenvalue weighted by Gasteiger charge is 2.04. The molecule has 0 fully saturated rings. The van der Waals surface area contributed by atoms with E-state index in [0.29, 0.717) is 0 Å². The Morgan fingerprint density at radius 3 is 2.95 bits per heavy atom. The molecule has 0 unspecified atom stereocenters. The van der Waals surface area contributed by atoms with Crippen LogP contribution in [0.1, 0.15) is 12.5 Å². The number of pyridine rings is 1. The number of hydrogen-bond acceptors (Lipinski definition) is 5. The summed E-state index contributed by atoms with van der Waals surface area (Å²) >= 11 is 0. The molecule has 2 heterocycles. The van der Waals surface area contributed by atoms with Crippen LogP contribution in [0, 0.1) is 0 Å². The van der Waals surface area contributed by atoms with Crippen LogP contribution in [-0.2, 0) is 6.42 Å². The van der Waals surface area contributed by atoms with Crippen molar-refractivity contribution in [2.45, 2.75) is 13.3 Å². The molecule has 100 valence electrons. The zero-order valence-electron chi connectivity index (χ0n) is 11.4. The summed E-state index contributed by atoms with van der Waals surface area (Å²) in [6.07, 6.45) is 6.23. The van der Waals surface area contributed by atoms with Crippen LogP contribution < -0.4 is 10.2 Å². The highest BCUT2D eigenvalue weighted by molar-refractivity contribution is 5.47. The maximum absolute atomic E-state index is 4.29. The summed E-state index contributed by atoms with van der Waals surface area (Å²) in [5, 5.41) is 3.19. The molecule has 19 heavy (non-hydrogen) atoms. The normalized spacial score (nSPS) is 10.2. The molecule has 2 rings (SSSR count). The molecule has 0 aliphatic heterocycles. The Morgan fingerprint density at radius 1 is 1.32 bits per heavy atom. The van der Waals surface area contributed by atoms with E-state index in [1.165, 1.54) is 5.56 Å². The van der Waals surface area contributed by atoms with E-state index >= 15 is 0 Å². The van der Waals surface area contributed by atoms with E-state index < -0.39 is 0 Å². The lowest BCUT2D eigenvalue weighted by Gasteiger charge is -2.18. The maximum atomic E-state index is 4.29. The molecule has 0 saturated carbocycles. The van der Waals surface area contributed by atoms with Crippen molar-refractivity contribution in [1.29, 1.82) is 0 Å². The van der Waals surface area contributed by atoms with Crippen LogP contribution in [0.25, 0.3) is 0 Å². The Morgan fingerprint density at radius 2 is 2.21 bits per heavy atom. The number of rotatable bonds is 6. The van der Waals surface area contributed by atoms with E-state index in [4.69, 9.17) is 0 Å². The third-order valence-electron chi connectivity index (χ3n) is 2.86. The van der Waals surface area contributed by atoms with Crippen LogP contribution >= 0.6 is 0 Å². The van der Waals surface area contributed by atoms with E-state index in [2.05, 4.69) is 31.2 Å². The zero-order valence-corrected chi connectivity index (χ0v) is 11.4. The van der Waals surface area contributed by atoms with Crippen LogP contribution in [0.3, 0.4) is 0 Å². The van der Waals surface area contributed by atoms with Crippen molar-refractivity contribution in [1.82, 2.24) is 15.0 Å². The molecule has 0 aliphatic rings. The van der Waals surface area contributed by atoms with Gasteiger partial charge in [0.15, 0.2) is 0 Å². The number of nitrogens with zero attached hydrogens (tertiary/aromatic N) is 4. The number of aromatic nitrogens is 3. The molecule has 1 N–H and O–H groups in total. The van der Waals surface area contributed by atoms with Crippen LogP contribution in [0.2, 0.25) is 0 Å². The zero-order chi connectivity index (χ0) is 13.5. The van der Waals surface area contributed by atoms with Gasteiger partial charge in [-0.05, 0) is 25.0 Å². The van der Waals surface area contributed by atoms with Gasteiger partial charge in [0, 0.05) is 38.6 Å². The van der Waals surface area contributed by atoms with Gasteiger partial charge in [0.2, 0.25) is 0 Å². The van der Waals surface area contributed by atoms with E-state index in [9.17, 15) is 0 Å². The van der Waals surface area contributed by atoms with E-state index in [1.807, 2.05) is 32.3 Å². The lowest BCUT2D eigenvalue weighted by molar-refractivity contribution is 0.852. The van der Waals surface area contributed by atoms with Crippen LogP contribution in [0.4, 0.5) is 11.6 Å². The molecule has 2 aromatic rings. The van der Waals surface area contributed by atoms with Gasteiger partial charge >= 0.3 is 0 Å². The SMILES string of the molecule is CCNc1cc(N(C)CCc2cccnc2)ncn1. The fraction of sp³-hybridized carbons (Fsp3) is 0.357. The molecule has 0 amide bonds. The number of likely N-dealkylation sites (N-methyl/N-ethyl adjacent to an activating group) is 1. The minimum atomic E-state index is 0.857. The fourth-order valence-corrected chi connectivity index (χ4v) is 1.79. The second-order valence-electron chi connectivity index (χ2n) is 4.32. The van der Waals surface area contributed by atoms with Crippen LogP contribution in [0.15, 0.2) is 36.9 Å². The molecular formula is C14H19N5. The Labute approximate surface area is 113 Å². The summed E-state index contributed by atoms with van der Waals surface area (Å²) in [5.41, 5.74) is 1.23. The molecule has 5 heteroatoms. The average molecular weight is 257 g/mol. The fourth-order valence-electron chi connectivity index (χ4n) is 1.79. The first-order chi connectivity index (χ1) is 9.29. The number of hydrogen-bond donors (Lipinski definition) is 1. The molecule has 0 saturated heterocycles. The van der Waals surface area contributed by atoms with Crippen molar-refractivity contribution in [3.05, 3.63) is 42.5 Å². The molecule has 5 nitrogen and oxygen atoms in total. The molecule has 0 aliphatic carbocycles. The molecule has 0 bridgehead atoms. The van der Waals surface area contributed by atoms with Crippen molar-refractivity contribution in [3.8, 4) is 0 Å². The van der Waals surface area contributed by atoms with Gasteiger partial charge in [-0.1, -0.05) is 6.07 Å². The van der Waals surface area contributed by atoms with E-state index in [-0.39, 0.29) is 0 Å². The largest absolute Gasteiger partial charge is 0.370 e. The highest BCUT2D eigenvalue weighted by atomic mass is 15.2. The van der Waals surface area contributed by atoms with Gasteiger partial charge in [0.1, 0.15) is 18.0 Å². The van der Waals surface area contributed by atoms with Gasteiger partial charge in [-0.15, -0.1) is 0 Å². The monoisotopic (exact) mass is 257 g/mol. The van der Waals surface area contributed by atoms with Crippen molar-refractivity contribution < 1.29 is 0 Å². The summed E-state index contributed by atoms with van der Waals surface area (Å²) in [6, 6.07) is 6.01. The van der Waals surface area contributed by atoms with Crippen LogP contribution in [0.5, 0.6) is 0 Å². The topological polar surface area (TPSA) is 53.9 Å². The van der Waals surface area contributed by atoms with Crippen molar-refractivity contribution in [3.63, 3.8) is 0 Å². The van der Waals surface area contributed by atoms with E-state index in [0.717, 1.165) is 31.1 Å². The highest BCUT2D eigenvalue weighted by Crippen LogP contribution is 2.12. The standard InChI is InChI=1S/C14H19N5/c1-3-16-13-9-14(18-11-17-13)19(2)8-6-12-5-4-7-15-10-12/h4-5,7,9-11H,3,6,8H2,1-2H3,(H,16,17,18). The molecular weight excluding hydrogens is 238 g/mol. The van der Waals surface area contributed by atoms with Crippen LogP contribution in [-0.4, -0.2) is 35.1 Å². The molecule has 0 atom stereocenters. The van der Waals surface area contributed by atoms with Crippen molar-refractivity contribution in [2.24, 2.45) is 0 Å². The first-order valence-electron chi connectivity index (χ1n) is 6.45. The summed E-state index contributed by atoms with van der Waals surface area (Å²) in [7, 11) is 2.04. The van der Waals surface area contributed by atoms with Gasteiger partial charge < -0.3 is 10.2 Å². The third kappa shape index (κ3) is 3.91. The molecule has 0 spiro atoms. The second-order valence-corrected chi connectivity index (χ2v) is 4.32. The van der Waals surface area contributed by atoms with Crippen molar-refractivity contribution >= 4 is 11.6 Å². The van der Waals surface area contributed by atoms with Gasteiger partial charge in [0.05, 0.1) is 0 Å². The average Bonchev–Trinajstić information content (AvgIpc) is 2.46. The Hall–Kier alpha value is -2.17. The van der Waals surface area contributed by atoms with Gasteiger partial charge in [0.25, 0.3) is 0 Å². The smallest absolute Gasteiger partial charge is 0.133 e. The first-order valence-corrected chi connectivity index (χ1v) is 6.45. The summed E-state index contributed by atoms with van der Waals surface area (Å²) < 4.78 is 0. The second kappa shape index (κ2) is 6.68. The number of anilines is 2. The minimum absolute atomic E-state index is 0.857. The summed E-state index contributed by atoms with van der Waals surface area (Å²) in [5.74, 6) is 1.79. The quantitative estimate of drug-likeness (QED) is 0.857. The Balaban J connectivity index is 1.95. The minimum Gasteiger partial charge on any atom is -0.370 e. The van der Waals surface area contributed by atoms with Gasteiger partial charge in [-0.3, -0.25) is 4.98 Å². The lowest BCUT2D eigenvalue weighted by atomic mass is 10.2. The predicted molar refractivity (Wildman–Crippen MR) is 77.4 cm³/mol. The summed E-state index contributed by atoms with van der Waals surface area (Å²) in [6.45, 7) is 3.80.